The molecule has 0 saturated carbocycles. The maximum absolute atomic E-state index is 6.28. The van der Waals surface area contributed by atoms with E-state index in [1.54, 1.807) is 7.11 Å². The Morgan fingerprint density at radius 3 is 2.29 bits per heavy atom. The van der Waals surface area contributed by atoms with E-state index >= 15 is 0 Å². The number of hydrogen-bond acceptors (Lipinski definition) is 3. The molecule has 0 aliphatic rings. The Morgan fingerprint density at radius 1 is 1.29 bits per heavy atom. The minimum absolute atomic E-state index is 0.0587. The second-order valence-corrected chi connectivity index (χ2v) is 6.86. The van der Waals surface area contributed by atoms with Gasteiger partial charge in [-0.1, -0.05) is 27.7 Å². The van der Waals surface area contributed by atoms with Crippen LogP contribution in [0.15, 0.2) is 12.1 Å². The molecule has 0 fully saturated rings. The Bertz CT molecular complexity index is 340. The molecule has 2 nitrogen and oxygen atoms in total. The average molecular weight is 255 g/mol. The molecule has 0 bridgehead atoms. The van der Waals surface area contributed by atoms with E-state index in [-0.39, 0.29) is 17.6 Å². The van der Waals surface area contributed by atoms with E-state index in [2.05, 4.69) is 39.8 Å². The Morgan fingerprint density at radius 2 is 1.88 bits per heavy atom. The molecular formula is C14H25NOS. The minimum atomic E-state index is 0.0587. The number of methoxy groups -OCH3 is 1. The van der Waals surface area contributed by atoms with Crippen LogP contribution in [-0.4, -0.2) is 19.3 Å². The monoisotopic (exact) mass is 255 g/mol. The van der Waals surface area contributed by atoms with Crippen LogP contribution in [0.1, 0.15) is 37.4 Å². The topological polar surface area (TPSA) is 35.2 Å². The molecule has 17 heavy (non-hydrogen) atoms. The van der Waals surface area contributed by atoms with E-state index in [1.807, 2.05) is 11.3 Å². The molecule has 0 aliphatic carbocycles. The van der Waals surface area contributed by atoms with Gasteiger partial charge in [-0.2, -0.15) is 0 Å². The first-order chi connectivity index (χ1) is 7.88. The quantitative estimate of drug-likeness (QED) is 0.876. The molecule has 2 N–H and O–H groups in total. The van der Waals surface area contributed by atoms with Crippen molar-refractivity contribution in [1.29, 1.82) is 0 Å². The van der Waals surface area contributed by atoms with Gasteiger partial charge in [0.05, 0.1) is 6.10 Å². The number of thiophene rings is 1. The standard InChI is InChI=1S/C14H25NOS/c1-6-10-7-8-11(17-10)9-12(15)13(16-5)14(2,3)4/h7-8,12-13H,6,9,15H2,1-5H3. The van der Waals surface area contributed by atoms with Crippen molar-refractivity contribution in [2.24, 2.45) is 11.1 Å². The van der Waals surface area contributed by atoms with E-state index in [0.29, 0.717) is 0 Å². The first-order valence-corrected chi connectivity index (χ1v) is 7.06. The van der Waals surface area contributed by atoms with Crippen LogP contribution < -0.4 is 5.73 Å². The first kappa shape index (κ1) is 14.7. The molecule has 0 saturated heterocycles. The van der Waals surface area contributed by atoms with Crippen molar-refractivity contribution in [2.45, 2.75) is 52.7 Å². The minimum Gasteiger partial charge on any atom is -0.379 e. The normalized spacial score (nSPS) is 15.9. The molecule has 0 amide bonds. The Labute approximate surface area is 109 Å². The van der Waals surface area contributed by atoms with Crippen LogP contribution in [0.2, 0.25) is 0 Å². The predicted octanol–water partition coefficient (Wildman–Crippen LogP) is 3.24. The summed E-state index contributed by atoms with van der Waals surface area (Å²) < 4.78 is 5.56. The molecule has 1 aromatic heterocycles. The molecule has 2 unspecified atom stereocenters. The smallest absolute Gasteiger partial charge is 0.0773 e. The summed E-state index contributed by atoms with van der Waals surface area (Å²) in [6.45, 7) is 8.70. The zero-order valence-corrected chi connectivity index (χ0v) is 12.4. The molecule has 0 radical (unpaired) electrons. The highest BCUT2D eigenvalue weighted by molar-refractivity contribution is 7.11. The fraction of sp³-hybridized carbons (Fsp3) is 0.714. The Hall–Kier alpha value is -0.380. The maximum Gasteiger partial charge on any atom is 0.0773 e. The fourth-order valence-electron chi connectivity index (χ4n) is 2.23. The van der Waals surface area contributed by atoms with Crippen molar-refractivity contribution >= 4 is 11.3 Å². The van der Waals surface area contributed by atoms with Gasteiger partial charge in [-0.3, -0.25) is 0 Å². The van der Waals surface area contributed by atoms with Gasteiger partial charge in [0.1, 0.15) is 0 Å². The lowest BCUT2D eigenvalue weighted by Gasteiger charge is -2.33. The van der Waals surface area contributed by atoms with Gasteiger partial charge in [-0.05, 0) is 30.4 Å². The molecular weight excluding hydrogens is 230 g/mol. The predicted molar refractivity (Wildman–Crippen MR) is 75.6 cm³/mol. The summed E-state index contributed by atoms with van der Waals surface area (Å²) in [6, 6.07) is 4.45. The van der Waals surface area contributed by atoms with Crippen molar-refractivity contribution in [3.8, 4) is 0 Å². The van der Waals surface area contributed by atoms with Gasteiger partial charge in [0.15, 0.2) is 0 Å². The summed E-state index contributed by atoms with van der Waals surface area (Å²) in [5.74, 6) is 0. The van der Waals surface area contributed by atoms with Gasteiger partial charge in [0.25, 0.3) is 0 Å². The third kappa shape index (κ3) is 4.09. The molecule has 1 heterocycles. The van der Waals surface area contributed by atoms with Crippen LogP contribution in [0.4, 0.5) is 0 Å². The third-order valence-electron chi connectivity index (χ3n) is 3.00. The summed E-state index contributed by atoms with van der Waals surface area (Å²) in [6.07, 6.45) is 2.10. The summed E-state index contributed by atoms with van der Waals surface area (Å²) in [4.78, 5) is 2.79. The van der Waals surface area contributed by atoms with Crippen LogP contribution in [0.5, 0.6) is 0 Å². The van der Waals surface area contributed by atoms with Crippen molar-refractivity contribution in [2.75, 3.05) is 7.11 Å². The van der Waals surface area contributed by atoms with Gasteiger partial charge in [-0.25, -0.2) is 0 Å². The number of nitrogens with two attached hydrogens (primary N) is 1. The summed E-state index contributed by atoms with van der Waals surface area (Å²) in [5.41, 5.74) is 6.36. The van der Waals surface area contributed by atoms with Crippen LogP contribution in [0.25, 0.3) is 0 Å². The molecule has 1 rings (SSSR count). The first-order valence-electron chi connectivity index (χ1n) is 6.24. The maximum atomic E-state index is 6.28. The number of rotatable bonds is 5. The number of aryl methyl sites for hydroxylation is 1. The molecule has 0 aliphatic heterocycles. The zero-order valence-electron chi connectivity index (χ0n) is 11.6. The highest BCUT2D eigenvalue weighted by Gasteiger charge is 2.30. The highest BCUT2D eigenvalue weighted by Crippen LogP contribution is 2.26. The molecule has 0 spiro atoms. The van der Waals surface area contributed by atoms with E-state index in [0.717, 1.165) is 12.8 Å². The molecule has 2 atom stereocenters. The average Bonchev–Trinajstić information content (AvgIpc) is 2.64. The van der Waals surface area contributed by atoms with Crippen LogP contribution in [-0.2, 0) is 17.6 Å². The number of ether oxygens (including phenoxy) is 1. The van der Waals surface area contributed by atoms with Crippen LogP contribution >= 0.6 is 11.3 Å². The molecule has 1 aromatic rings. The van der Waals surface area contributed by atoms with Crippen molar-refractivity contribution < 1.29 is 4.74 Å². The lowest BCUT2D eigenvalue weighted by molar-refractivity contribution is -0.00149. The number of hydrogen-bond donors (Lipinski definition) is 1. The summed E-state index contributed by atoms with van der Waals surface area (Å²) in [7, 11) is 1.75. The van der Waals surface area contributed by atoms with E-state index in [1.165, 1.54) is 9.75 Å². The van der Waals surface area contributed by atoms with E-state index in [9.17, 15) is 0 Å². The highest BCUT2D eigenvalue weighted by atomic mass is 32.1. The van der Waals surface area contributed by atoms with E-state index in [4.69, 9.17) is 10.5 Å². The Balaban J connectivity index is 2.67. The van der Waals surface area contributed by atoms with Crippen LogP contribution in [0, 0.1) is 5.41 Å². The van der Waals surface area contributed by atoms with Gasteiger partial charge in [-0.15, -0.1) is 11.3 Å². The van der Waals surface area contributed by atoms with Gasteiger partial charge in [0, 0.05) is 22.9 Å². The summed E-state index contributed by atoms with van der Waals surface area (Å²) in [5, 5.41) is 0. The second kappa shape index (κ2) is 5.98. The second-order valence-electron chi connectivity index (χ2n) is 5.61. The molecule has 98 valence electrons. The van der Waals surface area contributed by atoms with Crippen molar-refractivity contribution in [3.63, 3.8) is 0 Å². The van der Waals surface area contributed by atoms with Crippen molar-refractivity contribution in [1.82, 2.24) is 0 Å². The molecule has 0 aromatic carbocycles. The third-order valence-corrected chi connectivity index (χ3v) is 4.25. The fourth-order valence-corrected chi connectivity index (χ4v) is 3.26. The Kier molecular flexibility index (Phi) is 5.17. The zero-order chi connectivity index (χ0) is 13.1. The SMILES string of the molecule is CCc1ccc(CC(N)C(OC)C(C)(C)C)s1. The van der Waals surface area contributed by atoms with Gasteiger partial charge in [0.2, 0.25) is 0 Å². The summed E-state index contributed by atoms with van der Waals surface area (Å²) >= 11 is 1.86. The molecule has 3 heteroatoms. The largest absolute Gasteiger partial charge is 0.379 e. The van der Waals surface area contributed by atoms with E-state index < -0.39 is 0 Å². The van der Waals surface area contributed by atoms with Crippen LogP contribution in [0.3, 0.4) is 0 Å². The van der Waals surface area contributed by atoms with Crippen molar-refractivity contribution in [3.05, 3.63) is 21.9 Å². The lowest BCUT2D eigenvalue weighted by atomic mass is 9.83. The van der Waals surface area contributed by atoms with Gasteiger partial charge >= 0.3 is 0 Å². The lowest BCUT2D eigenvalue weighted by Crippen LogP contribution is -2.45. The van der Waals surface area contributed by atoms with Gasteiger partial charge < -0.3 is 10.5 Å².